The molecule has 2 aromatic carbocycles. The standard InChI is InChI=1S/C26H26ClN3O8S/c1-16(2)37-26(33)38-23-11-6-18(15-29-23)24(31)30-39(34,35)20-8-4-17(5-9-20)12-13-28-25(32)21-14-19(27)7-10-22(21)36-3/h4-11,14-16H,12-13H2,1-3H3,(H,28,32)(H,30,31). The highest BCUT2D eigenvalue weighted by atomic mass is 35.5. The Balaban J connectivity index is 1.55. The molecule has 0 unspecified atom stereocenters. The molecular formula is C26H26ClN3O8S. The number of carbonyl (C=O) groups is 3. The highest BCUT2D eigenvalue weighted by Gasteiger charge is 2.20. The molecule has 0 saturated heterocycles. The molecule has 39 heavy (non-hydrogen) atoms. The molecule has 0 radical (unpaired) electrons. The highest BCUT2D eigenvalue weighted by molar-refractivity contribution is 7.90. The van der Waals surface area contributed by atoms with Gasteiger partial charge in [-0.05, 0) is 62.2 Å². The van der Waals surface area contributed by atoms with Gasteiger partial charge < -0.3 is 19.5 Å². The van der Waals surface area contributed by atoms with E-state index in [0.717, 1.165) is 11.8 Å². The van der Waals surface area contributed by atoms with Crippen LogP contribution in [0, 0.1) is 0 Å². The Morgan fingerprint density at radius 1 is 1.00 bits per heavy atom. The summed E-state index contributed by atoms with van der Waals surface area (Å²) < 4.78 is 42.2. The van der Waals surface area contributed by atoms with Crippen LogP contribution >= 0.6 is 11.6 Å². The smallest absolute Gasteiger partial charge is 0.496 e. The minimum atomic E-state index is -4.18. The maximum atomic E-state index is 12.7. The molecular weight excluding hydrogens is 550 g/mol. The first-order valence-corrected chi connectivity index (χ1v) is 13.5. The van der Waals surface area contributed by atoms with Gasteiger partial charge in [0.25, 0.3) is 21.8 Å². The summed E-state index contributed by atoms with van der Waals surface area (Å²) in [5.74, 6) is -0.999. The molecule has 3 rings (SSSR count). The van der Waals surface area contributed by atoms with Gasteiger partial charge in [-0.2, -0.15) is 0 Å². The number of sulfonamides is 1. The van der Waals surface area contributed by atoms with Gasteiger partial charge in [0.2, 0.25) is 5.88 Å². The minimum Gasteiger partial charge on any atom is -0.496 e. The number of nitrogens with zero attached hydrogens (tertiary/aromatic N) is 1. The molecule has 0 aliphatic heterocycles. The quantitative estimate of drug-likeness (QED) is 0.344. The van der Waals surface area contributed by atoms with E-state index >= 15 is 0 Å². The zero-order valence-corrected chi connectivity index (χ0v) is 22.8. The molecule has 0 bridgehead atoms. The predicted octanol–water partition coefficient (Wildman–Crippen LogP) is 3.76. The first-order valence-electron chi connectivity index (χ1n) is 11.6. The maximum absolute atomic E-state index is 12.7. The van der Waals surface area contributed by atoms with Gasteiger partial charge in [0, 0.05) is 23.8 Å². The average Bonchev–Trinajstić information content (AvgIpc) is 2.88. The van der Waals surface area contributed by atoms with Crippen molar-refractivity contribution in [2.24, 2.45) is 0 Å². The number of halogens is 1. The summed E-state index contributed by atoms with van der Waals surface area (Å²) in [6.45, 7) is 3.58. The molecule has 11 nitrogen and oxygen atoms in total. The normalized spacial score (nSPS) is 11.0. The van der Waals surface area contributed by atoms with Crippen molar-refractivity contribution in [2.75, 3.05) is 13.7 Å². The lowest BCUT2D eigenvalue weighted by atomic mass is 10.1. The van der Waals surface area contributed by atoms with Gasteiger partial charge in [0.05, 0.1) is 29.2 Å². The van der Waals surface area contributed by atoms with Crippen LogP contribution in [0.5, 0.6) is 11.6 Å². The molecule has 13 heteroatoms. The third-order valence-corrected chi connectivity index (χ3v) is 6.67. The Bertz CT molecular complexity index is 1440. The van der Waals surface area contributed by atoms with Crippen molar-refractivity contribution in [3.8, 4) is 11.6 Å². The number of rotatable bonds is 10. The van der Waals surface area contributed by atoms with Crippen LogP contribution in [0.25, 0.3) is 0 Å². The summed E-state index contributed by atoms with van der Waals surface area (Å²) in [7, 11) is -2.72. The summed E-state index contributed by atoms with van der Waals surface area (Å²) in [5.41, 5.74) is 0.995. The summed E-state index contributed by atoms with van der Waals surface area (Å²) in [6.07, 6.45) is 0.155. The first-order chi connectivity index (χ1) is 18.5. The number of ether oxygens (including phenoxy) is 3. The van der Waals surface area contributed by atoms with Crippen LogP contribution in [0.3, 0.4) is 0 Å². The van der Waals surface area contributed by atoms with Crippen molar-refractivity contribution in [3.63, 3.8) is 0 Å². The number of hydrogen-bond donors (Lipinski definition) is 2. The fourth-order valence-corrected chi connectivity index (χ4v) is 4.37. The molecule has 0 aliphatic rings. The lowest BCUT2D eigenvalue weighted by Gasteiger charge is -2.10. The number of aromatic nitrogens is 1. The molecule has 0 fully saturated rings. The Hall–Kier alpha value is -4.16. The average molecular weight is 576 g/mol. The summed E-state index contributed by atoms with van der Waals surface area (Å²) in [4.78, 5) is 40.1. The second-order valence-electron chi connectivity index (χ2n) is 8.33. The molecule has 3 aromatic rings. The number of amides is 2. The van der Waals surface area contributed by atoms with E-state index in [1.165, 1.54) is 37.4 Å². The molecule has 1 heterocycles. The Morgan fingerprint density at radius 2 is 1.72 bits per heavy atom. The van der Waals surface area contributed by atoms with E-state index in [1.54, 1.807) is 38.1 Å². The Morgan fingerprint density at radius 3 is 2.33 bits per heavy atom. The second-order valence-corrected chi connectivity index (χ2v) is 10.5. The number of benzene rings is 2. The molecule has 0 atom stereocenters. The van der Waals surface area contributed by atoms with Crippen molar-refractivity contribution in [1.29, 1.82) is 0 Å². The Kier molecular flexibility index (Phi) is 9.85. The number of carbonyl (C=O) groups excluding carboxylic acids is 3. The van der Waals surface area contributed by atoms with E-state index in [1.807, 2.05) is 4.72 Å². The van der Waals surface area contributed by atoms with E-state index in [9.17, 15) is 22.8 Å². The molecule has 1 aromatic heterocycles. The van der Waals surface area contributed by atoms with Crippen molar-refractivity contribution in [3.05, 3.63) is 82.5 Å². The van der Waals surface area contributed by atoms with Crippen molar-refractivity contribution in [1.82, 2.24) is 15.0 Å². The molecule has 206 valence electrons. The number of hydrogen-bond acceptors (Lipinski definition) is 9. The topological polar surface area (TPSA) is 150 Å². The van der Waals surface area contributed by atoms with E-state index < -0.39 is 22.1 Å². The van der Waals surface area contributed by atoms with Gasteiger partial charge >= 0.3 is 6.16 Å². The van der Waals surface area contributed by atoms with Crippen LogP contribution in [0.1, 0.15) is 40.1 Å². The lowest BCUT2D eigenvalue weighted by Crippen LogP contribution is -2.30. The third-order valence-electron chi connectivity index (χ3n) is 5.08. The van der Waals surface area contributed by atoms with Crippen molar-refractivity contribution < 1.29 is 37.0 Å². The fraction of sp³-hybridized carbons (Fsp3) is 0.231. The van der Waals surface area contributed by atoms with Gasteiger partial charge in [0.15, 0.2) is 0 Å². The zero-order valence-electron chi connectivity index (χ0n) is 21.3. The third kappa shape index (κ3) is 8.42. The minimum absolute atomic E-state index is 0.0631. The van der Waals surface area contributed by atoms with Gasteiger partial charge in [-0.1, -0.05) is 23.7 Å². The van der Waals surface area contributed by atoms with E-state index in [2.05, 4.69) is 10.3 Å². The van der Waals surface area contributed by atoms with Gasteiger partial charge in [-0.3, -0.25) is 9.59 Å². The molecule has 2 N–H and O–H groups in total. The van der Waals surface area contributed by atoms with Crippen LogP contribution in [0.4, 0.5) is 4.79 Å². The summed E-state index contributed by atoms with van der Waals surface area (Å²) in [5, 5.41) is 3.17. The van der Waals surface area contributed by atoms with Crippen LogP contribution in [0.2, 0.25) is 5.02 Å². The van der Waals surface area contributed by atoms with Crippen molar-refractivity contribution >= 4 is 39.6 Å². The van der Waals surface area contributed by atoms with E-state index in [4.69, 9.17) is 25.8 Å². The van der Waals surface area contributed by atoms with Crippen molar-refractivity contribution in [2.45, 2.75) is 31.3 Å². The van der Waals surface area contributed by atoms with Gasteiger partial charge in [-0.25, -0.2) is 22.9 Å². The largest absolute Gasteiger partial charge is 0.515 e. The number of nitrogens with one attached hydrogen (secondary N) is 2. The van der Waals surface area contributed by atoms with E-state index in [0.29, 0.717) is 22.8 Å². The van der Waals surface area contributed by atoms with E-state index in [-0.39, 0.29) is 34.9 Å². The van der Waals surface area contributed by atoms with Gasteiger partial charge in [-0.15, -0.1) is 0 Å². The number of methoxy groups -OCH3 is 1. The molecule has 0 aliphatic carbocycles. The number of pyridine rings is 1. The fourth-order valence-electron chi connectivity index (χ4n) is 3.23. The SMILES string of the molecule is COc1ccc(Cl)cc1C(=O)NCCc1ccc(S(=O)(=O)NC(=O)c2ccc(OC(=O)OC(C)C)nc2)cc1. The van der Waals surface area contributed by atoms with Crippen LogP contribution in [-0.4, -0.2) is 51.1 Å². The highest BCUT2D eigenvalue weighted by Crippen LogP contribution is 2.22. The first kappa shape index (κ1) is 29.4. The van der Waals surface area contributed by atoms with Crippen LogP contribution < -0.4 is 19.5 Å². The summed E-state index contributed by atoms with van der Waals surface area (Å²) >= 11 is 5.97. The molecule has 0 spiro atoms. The molecule has 2 amide bonds. The zero-order chi connectivity index (χ0) is 28.6. The second kappa shape index (κ2) is 13.1. The lowest BCUT2D eigenvalue weighted by molar-refractivity contribution is 0.0715. The van der Waals surface area contributed by atoms with Crippen LogP contribution in [-0.2, 0) is 21.2 Å². The Labute approximate surface area is 230 Å². The summed E-state index contributed by atoms with van der Waals surface area (Å²) in [6, 6.07) is 13.1. The maximum Gasteiger partial charge on any atom is 0.515 e. The monoisotopic (exact) mass is 575 g/mol. The predicted molar refractivity (Wildman–Crippen MR) is 142 cm³/mol. The van der Waals surface area contributed by atoms with Gasteiger partial charge in [0.1, 0.15) is 5.75 Å². The van der Waals surface area contributed by atoms with Crippen LogP contribution in [0.15, 0.2) is 65.7 Å². The molecule has 0 saturated carbocycles.